The number of thiophene rings is 1. The Morgan fingerprint density at radius 1 is 1.45 bits per heavy atom. The second-order valence-corrected chi connectivity index (χ2v) is 9.87. The minimum atomic E-state index is -3.35. The molecule has 114 valence electrons. The van der Waals surface area contributed by atoms with Crippen LogP contribution in [0.4, 0.5) is 0 Å². The first-order valence-electron chi connectivity index (χ1n) is 6.75. The first kappa shape index (κ1) is 16.3. The number of sulfonamides is 1. The largest absolute Gasteiger partial charge is 0.315 e. The fourth-order valence-electron chi connectivity index (χ4n) is 2.31. The van der Waals surface area contributed by atoms with Gasteiger partial charge >= 0.3 is 0 Å². The molecule has 1 aromatic heterocycles. The standard InChI is InChI=1S/C13H22N2O2S3/c1-9-7-13(19-12(9)8-14-4)20(16,17)15-5-6-18-11(3)10(15)2/h7,10-11,14H,5-6,8H2,1-4H3. The SMILES string of the molecule is CNCc1sc(S(=O)(=O)N2CCSC(C)C2C)cc1C. The molecule has 1 aromatic rings. The van der Waals surface area contributed by atoms with Crippen LogP contribution < -0.4 is 5.32 Å². The van der Waals surface area contributed by atoms with Crippen molar-refractivity contribution >= 4 is 33.1 Å². The number of hydrogen-bond donors (Lipinski definition) is 1. The Labute approximate surface area is 130 Å². The van der Waals surface area contributed by atoms with E-state index in [1.165, 1.54) is 11.3 Å². The second-order valence-electron chi connectivity index (χ2n) is 5.13. The summed E-state index contributed by atoms with van der Waals surface area (Å²) in [6.07, 6.45) is 0. The molecule has 2 unspecified atom stereocenters. The monoisotopic (exact) mass is 334 g/mol. The van der Waals surface area contributed by atoms with Crippen LogP contribution in [0.1, 0.15) is 24.3 Å². The Bertz CT molecular complexity index is 568. The van der Waals surface area contributed by atoms with Gasteiger partial charge in [-0.1, -0.05) is 6.92 Å². The molecule has 1 aliphatic rings. The third-order valence-electron chi connectivity index (χ3n) is 3.72. The topological polar surface area (TPSA) is 49.4 Å². The van der Waals surface area contributed by atoms with Crippen molar-refractivity contribution in [2.24, 2.45) is 0 Å². The van der Waals surface area contributed by atoms with Crippen molar-refractivity contribution in [3.8, 4) is 0 Å². The van der Waals surface area contributed by atoms with E-state index in [0.29, 0.717) is 22.5 Å². The summed E-state index contributed by atoms with van der Waals surface area (Å²) in [5, 5.41) is 3.43. The highest BCUT2D eigenvalue weighted by Crippen LogP contribution is 2.33. The number of thioether (sulfide) groups is 1. The smallest absolute Gasteiger partial charge is 0.252 e. The summed E-state index contributed by atoms with van der Waals surface area (Å²) >= 11 is 3.23. The van der Waals surface area contributed by atoms with Gasteiger partial charge in [-0.3, -0.25) is 0 Å². The maximum Gasteiger partial charge on any atom is 0.252 e. The zero-order valence-corrected chi connectivity index (χ0v) is 14.8. The van der Waals surface area contributed by atoms with Gasteiger partial charge in [-0.2, -0.15) is 16.1 Å². The van der Waals surface area contributed by atoms with E-state index in [4.69, 9.17) is 0 Å². The van der Waals surface area contributed by atoms with Gasteiger partial charge in [-0.25, -0.2) is 8.42 Å². The number of aryl methyl sites for hydroxylation is 1. The fourth-order valence-corrected chi connectivity index (χ4v) is 7.04. The Morgan fingerprint density at radius 2 is 2.15 bits per heavy atom. The first-order chi connectivity index (χ1) is 9.37. The van der Waals surface area contributed by atoms with Gasteiger partial charge < -0.3 is 5.32 Å². The van der Waals surface area contributed by atoms with Gasteiger partial charge in [0.2, 0.25) is 0 Å². The molecule has 0 radical (unpaired) electrons. The molecule has 0 aromatic carbocycles. The molecule has 2 heterocycles. The Kier molecular flexibility index (Phi) is 5.18. The van der Waals surface area contributed by atoms with Crippen molar-refractivity contribution in [1.82, 2.24) is 9.62 Å². The molecular weight excluding hydrogens is 312 g/mol. The highest BCUT2D eigenvalue weighted by Gasteiger charge is 2.36. The summed E-state index contributed by atoms with van der Waals surface area (Å²) in [6.45, 7) is 7.40. The summed E-state index contributed by atoms with van der Waals surface area (Å²) in [5.41, 5.74) is 1.05. The van der Waals surface area contributed by atoms with E-state index in [1.54, 1.807) is 4.31 Å². The Balaban J connectivity index is 2.32. The van der Waals surface area contributed by atoms with E-state index >= 15 is 0 Å². The van der Waals surface area contributed by atoms with Gasteiger partial charge in [-0.05, 0) is 32.5 Å². The van der Waals surface area contributed by atoms with Crippen molar-refractivity contribution in [2.75, 3.05) is 19.3 Å². The van der Waals surface area contributed by atoms with Gasteiger partial charge in [0.1, 0.15) is 4.21 Å². The van der Waals surface area contributed by atoms with Crippen LogP contribution in [0.15, 0.2) is 10.3 Å². The minimum Gasteiger partial charge on any atom is -0.315 e. The normalized spacial score (nSPS) is 25.0. The van der Waals surface area contributed by atoms with Crippen LogP contribution in [-0.2, 0) is 16.6 Å². The number of rotatable bonds is 4. The second kappa shape index (κ2) is 6.36. The van der Waals surface area contributed by atoms with E-state index in [0.717, 1.165) is 16.2 Å². The van der Waals surface area contributed by atoms with Crippen LogP contribution in [0.5, 0.6) is 0 Å². The first-order valence-corrected chi connectivity index (χ1v) is 10.1. The molecule has 2 rings (SSSR count). The molecule has 1 N–H and O–H groups in total. The molecular formula is C13H22N2O2S3. The molecule has 0 bridgehead atoms. The molecule has 1 aliphatic heterocycles. The third kappa shape index (κ3) is 3.06. The van der Waals surface area contributed by atoms with Gasteiger partial charge in [0.15, 0.2) is 0 Å². The molecule has 7 heteroatoms. The van der Waals surface area contributed by atoms with E-state index < -0.39 is 10.0 Å². The molecule has 4 nitrogen and oxygen atoms in total. The number of nitrogens with one attached hydrogen (secondary N) is 1. The Hall–Kier alpha value is -0.0800. The van der Waals surface area contributed by atoms with Crippen molar-refractivity contribution in [3.63, 3.8) is 0 Å². The van der Waals surface area contributed by atoms with E-state index in [1.807, 2.05) is 38.7 Å². The zero-order valence-electron chi connectivity index (χ0n) is 12.3. The van der Waals surface area contributed by atoms with Crippen LogP contribution in [-0.4, -0.2) is 43.4 Å². The average Bonchev–Trinajstić information content (AvgIpc) is 2.75. The molecule has 0 saturated carbocycles. The lowest BCUT2D eigenvalue weighted by Crippen LogP contribution is -2.47. The van der Waals surface area contributed by atoms with Gasteiger partial charge in [0.25, 0.3) is 10.0 Å². The molecule has 0 spiro atoms. The molecule has 0 aliphatic carbocycles. The quantitative estimate of drug-likeness (QED) is 0.918. The van der Waals surface area contributed by atoms with Crippen molar-refractivity contribution in [1.29, 1.82) is 0 Å². The highest BCUT2D eigenvalue weighted by atomic mass is 32.2. The maximum absolute atomic E-state index is 12.8. The van der Waals surface area contributed by atoms with Crippen LogP contribution in [0.2, 0.25) is 0 Å². The third-order valence-corrected chi connectivity index (χ3v) is 8.73. The van der Waals surface area contributed by atoms with Crippen LogP contribution >= 0.6 is 23.1 Å². The lowest BCUT2D eigenvalue weighted by Gasteiger charge is -2.35. The van der Waals surface area contributed by atoms with E-state index in [-0.39, 0.29) is 6.04 Å². The van der Waals surface area contributed by atoms with Crippen molar-refractivity contribution in [2.45, 2.75) is 42.8 Å². The lowest BCUT2D eigenvalue weighted by molar-refractivity contribution is 0.341. The summed E-state index contributed by atoms with van der Waals surface area (Å²) in [6, 6.07) is 1.86. The summed E-state index contributed by atoms with van der Waals surface area (Å²) in [7, 11) is -1.48. The highest BCUT2D eigenvalue weighted by molar-refractivity contribution is 8.00. The fraction of sp³-hybridized carbons (Fsp3) is 0.692. The van der Waals surface area contributed by atoms with E-state index in [2.05, 4.69) is 12.2 Å². The summed E-state index contributed by atoms with van der Waals surface area (Å²) in [5.74, 6) is 0.873. The van der Waals surface area contributed by atoms with Gasteiger partial charge in [0.05, 0.1) is 0 Å². The predicted octanol–water partition coefficient (Wildman–Crippen LogP) is 2.29. The zero-order chi connectivity index (χ0) is 14.9. The number of hydrogen-bond acceptors (Lipinski definition) is 5. The lowest BCUT2D eigenvalue weighted by atomic mass is 10.2. The molecule has 20 heavy (non-hydrogen) atoms. The van der Waals surface area contributed by atoms with Gasteiger partial charge in [0, 0.05) is 35.0 Å². The van der Waals surface area contributed by atoms with Crippen molar-refractivity contribution < 1.29 is 8.42 Å². The summed E-state index contributed by atoms with van der Waals surface area (Å²) in [4.78, 5) is 1.10. The van der Waals surface area contributed by atoms with Crippen LogP contribution in [0, 0.1) is 6.92 Å². The number of nitrogens with zero attached hydrogens (tertiary/aromatic N) is 1. The van der Waals surface area contributed by atoms with E-state index in [9.17, 15) is 8.42 Å². The maximum atomic E-state index is 12.8. The van der Waals surface area contributed by atoms with Crippen LogP contribution in [0.25, 0.3) is 0 Å². The minimum absolute atomic E-state index is 0.0499. The molecule has 2 atom stereocenters. The van der Waals surface area contributed by atoms with Crippen molar-refractivity contribution in [3.05, 3.63) is 16.5 Å². The Morgan fingerprint density at radius 3 is 2.80 bits per heavy atom. The van der Waals surface area contributed by atoms with Gasteiger partial charge in [-0.15, -0.1) is 11.3 Å². The average molecular weight is 335 g/mol. The van der Waals surface area contributed by atoms with Crippen LogP contribution in [0.3, 0.4) is 0 Å². The molecule has 0 amide bonds. The summed E-state index contributed by atoms with van der Waals surface area (Å²) < 4.78 is 27.8. The molecule has 1 fully saturated rings. The molecule has 1 saturated heterocycles. The predicted molar refractivity (Wildman–Crippen MR) is 87.1 cm³/mol.